The van der Waals surface area contributed by atoms with Gasteiger partial charge in [0.2, 0.25) is 6.43 Å². The lowest BCUT2D eigenvalue weighted by Crippen LogP contribution is -2.22. The number of benzene rings is 1. The highest BCUT2D eigenvalue weighted by Gasteiger charge is 2.32. The number of aromatic nitrogens is 1. The zero-order valence-corrected chi connectivity index (χ0v) is 15.2. The first kappa shape index (κ1) is 19.7. The van der Waals surface area contributed by atoms with Crippen LogP contribution in [0.2, 0.25) is 0 Å². The summed E-state index contributed by atoms with van der Waals surface area (Å²) in [5.41, 5.74) is 0.240. The van der Waals surface area contributed by atoms with Crippen molar-refractivity contribution in [3.05, 3.63) is 46.8 Å². The maximum atomic E-state index is 14.2. The van der Waals surface area contributed by atoms with Crippen LogP contribution in [0.3, 0.4) is 0 Å². The van der Waals surface area contributed by atoms with E-state index in [9.17, 15) is 26.0 Å². The second kappa shape index (κ2) is 7.51. The maximum Gasteiger partial charge on any atom is 0.263 e. The minimum Gasteiger partial charge on any atom is -0.380 e. The lowest BCUT2D eigenvalue weighted by Gasteiger charge is -2.22. The van der Waals surface area contributed by atoms with Gasteiger partial charge in [-0.3, -0.25) is 4.72 Å². The predicted octanol–water partition coefficient (Wildman–Crippen LogP) is 3.61. The van der Waals surface area contributed by atoms with Gasteiger partial charge >= 0.3 is 0 Å². The van der Waals surface area contributed by atoms with Gasteiger partial charge in [-0.2, -0.15) is 0 Å². The van der Waals surface area contributed by atoms with Crippen LogP contribution >= 0.6 is 0 Å². The van der Waals surface area contributed by atoms with Crippen LogP contribution in [0.15, 0.2) is 23.2 Å². The maximum absolute atomic E-state index is 14.2. The fourth-order valence-corrected chi connectivity index (χ4v) is 4.53. The Labute approximate surface area is 153 Å². The normalized spacial score (nSPS) is 17.2. The van der Waals surface area contributed by atoms with Gasteiger partial charge in [0, 0.05) is 36.5 Å². The average Bonchev–Trinajstić information content (AvgIpc) is 3.03. The molecule has 1 aromatic carbocycles. The van der Waals surface area contributed by atoms with Crippen LogP contribution < -0.4 is 4.72 Å². The standard InChI is InChI=1S/C17H18F4N2O3S/c1-26-8-10-4-13(19)15(6-12(10)18)23-27(24,25)16-7-22-14-5-9(17(20)21)2-3-11(14)16/h4,6-7,9,17,22-23H,2-3,5,8H2,1H3. The molecule has 0 spiro atoms. The van der Waals surface area contributed by atoms with Gasteiger partial charge in [0.15, 0.2) is 0 Å². The van der Waals surface area contributed by atoms with Gasteiger partial charge in [0.25, 0.3) is 10.0 Å². The molecule has 0 aliphatic heterocycles. The molecule has 27 heavy (non-hydrogen) atoms. The number of methoxy groups -OCH3 is 1. The highest BCUT2D eigenvalue weighted by molar-refractivity contribution is 7.92. The number of anilines is 1. The molecule has 0 fully saturated rings. The Hall–Kier alpha value is -2.07. The fraction of sp³-hybridized carbons (Fsp3) is 0.412. The molecule has 1 aromatic heterocycles. The zero-order chi connectivity index (χ0) is 19.8. The van der Waals surface area contributed by atoms with Crippen molar-refractivity contribution in [3.8, 4) is 0 Å². The number of sulfonamides is 1. The van der Waals surface area contributed by atoms with Crippen LogP contribution in [0, 0.1) is 17.6 Å². The first-order chi connectivity index (χ1) is 12.7. The summed E-state index contributed by atoms with van der Waals surface area (Å²) in [5, 5.41) is 0. The van der Waals surface area contributed by atoms with Gasteiger partial charge in [0.1, 0.15) is 16.5 Å². The third-order valence-electron chi connectivity index (χ3n) is 4.60. The fourth-order valence-electron chi connectivity index (χ4n) is 3.21. The number of aromatic amines is 1. The van der Waals surface area contributed by atoms with E-state index in [-0.39, 0.29) is 36.3 Å². The van der Waals surface area contributed by atoms with Gasteiger partial charge in [0.05, 0.1) is 12.3 Å². The van der Waals surface area contributed by atoms with E-state index in [1.165, 1.54) is 13.3 Å². The average molecular weight is 406 g/mol. The number of hydrogen-bond donors (Lipinski definition) is 2. The molecule has 1 heterocycles. The van der Waals surface area contributed by atoms with Crippen molar-refractivity contribution < 1.29 is 30.7 Å². The summed E-state index contributed by atoms with van der Waals surface area (Å²) in [5.74, 6) is -2.60. The number of alkyl halides is 2. The van der Waals surface area contributed by atoms with Gasteiger partial charge in [-0.1, -0.05) is 0 Å². The van der Waals surface area contributed by atoms with E-state index in [4.69, 9.17) is 4.74 Å². The van der Waals surface area contributed by atoms with E-state index >= 15 is 0 Å². The lowest BCUT2D eigenvalue weighted by molar-refractivity contribution is 0.0689. The first-order valence-electron chi connectivity index (χ1n) is 8.20. The van der Waals surface area contributed by atoms with Gasteiger partial charge in [-0.15, -0.1) is 0 Å². The highest BCUT2D eigenvalue weighted by atomic mass is 32.2. The summed E-state index contributed by atoms with van der Waals surface area (Å²) in [6.45, 7) is -0.160. The van der Waals surface area contributed by atoms with Crippen molar-refractivity contribution >= 4 is 15.7 Å². The smallest absolute Gasteiger partial charge is 0.263 e. The van der Waals surface area contributed by atoms with Crippen LogP contribution in [0.4, 0.5) is 23.2 Å². The second-order valence-electron chi connectivity index (χ2n) is 6.41. The Kier molecular flexibility index (Phi) is 5.48. The summed E-state index contributed by atoms with van der Waals surface area (Å²) < 4.78 is 85.9. The minimum atomic E-state index is -4.22. The summed E-state index contributed by atoms with van der Waals surface area (Å²) in [6, 6.07) is 1.60. The molecule has 2 N–H and O–H groups in total. The molecule has 10 heteroatoms. The molecule has 1 unspecified atom stereocenters. The predicted molar refractivity (Wildman–Crippen MR) is 90.2 cm³/mol. The molecule has 1 atom stereocenters. The molecular formula is C17H18F4N2O3S. The highest BCUT2D eigenvalue weighted by Crippen LogP contribution is 2.33. The van der Waals surface area contributed by atoms with E-state index in [0.717, 1.165) is 12.1 Å². The number of nitrogens with one attached hydrogen (secondary N) is 2. The third kappa shape index (κ3) is 3.96. The van der Waals surface area contributed by atoms with E-state index in [0.29, 0.717) is 11.3 Å². The van der Waals surface area contributed by atoms with Gasteiger partial charge < -0.3 is 9.72 Å². The molecule has 2 aromatic rings. The third-order valence-corrected chi connectivity index (χ3v) is 6.03. The van der Waals surface area contributed by atoms with E-state index in [2.05, 4.69) is 4.98 Å². The van der Waals surface area contributed by atoms with E-state index in [1.54, 1.807) is 0 Å². The van der Waals surface area contributed by atoms with Crippen molar-refractivity contribution in [2.75, 3.05) is 11.8 Å². The molecule has 148 valence electrons. The topological polar surface area (TPSA) is 71.2 Å². The SMILES string of the molecule is COCc1cc(F)c(NS(=O)(=O)c2c[nH]c3c2CCC(C(F)F)C3)cc1F. The molecule has 0 saturated carbocycles. The molecule has 0 amide bonds. The Bertz CT molecular complexity index is 944. The minimum absolute atomic E-state index is 0.0389. The Balaban J connectivity index is 1.88. The number of fused-ring (bicyclic) bond motifs is 1. The quantitative estimate of drug-likeness (QED) is 0.720. The Morgan fingerprint density at radius 2 is 2.04 bits per heavy atom. The molecule has 0 radical (unpaired) electrons. The molecule has 1 aliphatic rings. The monoisotopic (exact) mass is 406 g/mol. The second-order valence-corrected chi connectivity index (χ2v) is 8.06. The first-order valence-corrected chi connectivity index (χ1v) is 9.68. The van der Waals surface area contributed by atoms with Crippen LogP contribution in [-0.4, -0.2) is 26.9 Å². The molecular weight excluding hydrogens is 388 g/mol. The summed E-state index contributed by atoms with van der Waals surface area (Å²) in [4.78, 5) is 2.57. The largest absolute Gasteiger partial charge is 0.380 e. The lowest BCUT2D eigenvalue weighted by atomic mass is 9.88. The number of hydrogen-bond acceptors (Lipinski definition) is 3. The Morgan fingerprint density at radius 1 is 1.30 bits per heavy atom. The number of rotatable bonds is 6. The summed E-state index contributed by atoms with van der Waals surface area (Å²) in [7, 11) is -2.90. The molecule has 5 nitrogen and oxygen atoms in total. The summed E-state index contributed by atoms with van der Waals surface area (Å²) >= 11 is 0. The number of ether oxygens (including phenoxy) is 1. The van der Waals surface area contributed by atoms with E-state index < -0.39 is 39.7 Å². The van der Waals surface area contributed by atoms with Crippen LogP contribution in [0.1, 0.15) is 23.2 Å². The number of halogens is 4. The molecule has 0 saturated heterocycles. The van der Waals surface area contributed by atoms with Crippen molar-refractivity contribution in [1.82, 2.24) is 4.98 Å². The Morgan fingerprint density at radius 3 is 2.70 bits per heavy atom. The van der Waals surface area contributed by atoms with Crippen molar-refractivity contribution in [2.24, 2.45) is 5.92 Å². The zero-order valence-electron chi connectivity index (χ0n) is 14.4. The van der Waals surface area contributed by atoms with Crippen LogP contribution in [-0.2, 0) is 34.2 Å². The van der Waals surface area contributed by atoms with Crippen molar-refractivity contribution in [1.29, 1.82) is 0 Å². The van der Waals surface area contributed by atoms with Crippen molar-refractivity contribution in [3.63, 3.8) is 0 Å². The van der Waals surface area contributed by atoms with Crippen LogP contribution in [0.5, 0.6) is 0 Å². The van der Waals surface area contributed by atoms with E-state index in [1.807, 2.05) is 4.72 Å². The van der Waals surface area contributed by atoms with Crippen LogP contribution in [0.25, 0.3) is 0 Å². The van der Waals surface area contributed by atoms with Gasteiger partial charge in [-0.25, -0.2) is 26.0 Å². The van der Waals surface area contributed by atoms with Gasteiger partial charge in [-0.05, 0) is 30.9 Å². The van der Waals surface area contributed by atoms with Crippen molar-refractivity contribution in [2.45, 2.75) is 37.2 Å². The molecule has 0 bridgehead atoms. The molecule has 3 rings (SSSR count). The molecule has 1 aliphatic carbocycles. The number of H-pyrrole nitrogens is 1. The summed E-state index contributed by atoms with van der Waals surface area (Å²) in [6.07, 6.45) is -0.943.